The number of rotatable bonds is 2. The normalized spacial score (nSPS) is 10.7. The maximum absolute atomic E-state index is 4.22. The van der Waals surface area contributed by atoms with E-state index in [1.165, 1.54) is 0 Å². The van der Waals surface area contributed by atoms with Crippen LogP contribution in [0, 0.1) is 0 Å². The molecule has 0 saturated heterocycles. The number of nitrogens with zero attached hydrogens (tertiary/aromatic N) is 2. The molecular weight excluding hydrogens is 208 g/mol. The van der Waals surface area contributed by atoms with Gasteiger partial charge in [0.1, 0.15) is 22.8 Å². The maximum Gasteiger partial charge on any atom is 0.143 e. The first-order valence-electron chi connectivity index (χ1n) is 4.52. The number of anilines is 2. The molecule has 74 valence electrons. The van der Waals surface area contributed by atoms with Crippen molar-refractivity contribution in [1.29, 1.82) is 0 Å². The molecule has 0 bridgehead atoms. The van der Waals surface area contributed by atoms with E-state index in [9.17, 15) is 0 Å². The van der Waals surface area contributed by atoms with E-state index in [4.69, 9.17) is 0 Å². The number of H-pyrrole nitrogens is 1. The van der Waals surface area contributed by atoms with Crippen molar-refractivity contribution in [1.82, 2.24) is 15.0 Å². The Labute approximate surface area is 90.0 Å². The molecule has 0 saturated carbocycles. The van der Waals surface area contributed by atoms with Crippen molar-refractivity contribution in [2.24, 2.45) is 0 Å². The first-order valence-corrected chi connectivity index (χ1v) is 5.40. The van der Waals surface area contributed by atoms with Gasteiger partial charge in [0.2, 0.25) is 0 Å². The standard InChI is InChI=1S/C10H8N4S/c1-2-8(11-4-1)14-9-7-3-5-15-10(7)13-6-12-9/h1-6,11H,(H,12,13,14). The van der Waals surface area contributed by atoms with Crippen molar-refractivity contribution in [3.8, 4) is 0 Å². The van der Waals surface area contributed by atoms with Gasteiger partial charge >= 0.3 is 0 Å². The predicted octanol–water partition coefficient (Wildman–Crippen LogP) is 2.76. The summed E-state index contributed by atoms with van der Waals surface area (Å²) in [5.74, 6) is 1.77. The highest BCUT2D eigenvalue weighted by Crippen LogP contribution is 2.25. The average Bonchev–Trinajstić information content (AvgIpc) is 2.87. The van der Waals surface area contributed by atoms with E-state index < -0.39 is 0 Å². The van der Waals surface area contributed by atoms with Gasteiger partial charge in [-0.25, -0.2) is 9.97 Å². The Morgan fingerprint density at radius 3 is 3.13 bits per heavy atom. The topological polar surface area (TPSA) is 53.6 Å². The van der Waals surface area contributed by atoms with Gasteiger partial charge in [0.25, 0.3) is 0 Å². The molecular formula is C10H8N4S. The van der Waals surface area contributed by atoms with Gasteiger partial charge in [-0.05, 0) is 23.6 Å². The first-order chi connectivity index (χ1) is 7.43. The van der Waals surface area contributed by atoms with Gasteiger partial charge < -0.3 is 10.3 Å². The van der Waals surface area contributed by atoms with Gasteiger partial charge in [-0.2, -0.15) is 0 Å². The summed E-state index contributed by atoms with van der Waals surface area (Å²) >= 11 is 1.61. The van der Waals surface area contributed by atoms with Gasteiger partial charge in [-0.15, -0.1) is 11.3 Å². The predicted molar refractivity (Wildman–Crippen MR) is 61.5 cm³/mol. The van der Waals surface area contributed by atoms with Crippen molar-refractivity contribution >= 4 is 33.2 Å². The molecule has 0 atom stereocenters. The Morgan fingerprint density at radius 1 is 1.27 bits per heavy atom. The van der Waals surface area contributed by atoms with Crippen molar-refractivity contribution in [3.05, 3.63) is 36.1 Å². The minimum atomic E-state index is 0.837. The molecule has 2 N–H and O–H groups in total. The molecule has 3 aromatic rings. The Balaban J connectivity index is 2.07. The van der Waals surface area contributed by atoms with Crippen LogP contribution in [-0.4, -0.2) is 15.0 Å². The summed E-state index contributed by atoms with van der Waals surface area (Å²) < 4.78 is 0. The van der Waals surface area contributed by atoms with Gasteiger partial charge in [0.15, 0.2) is 0 Å². The summed E-state index contributed by atoms with van der Waals surface area (Å²) in [7, 11) is 0. The molecule has 0 amide bonds. The lowest BCUT2D eigenvalue weighted by Gasteiger charge is -2.02. The fraction of sp³-hybridized carbons (Fsp3) is 0. The zero-order chi connectivity index (χ0) is 10.1. The molecule has 0 fully saturated rings. The van der Waals surface area contributed by atoms with Crippen molar-refractivity contribution in [2.45, 2.75) is 0 Å². The molecule has 15 heavy (non-hydrogen) atoms. The third-order valence-corrected chi connectivity index (χ3v) is 2.93. The molecule has 3 aromatic heterocycles. The Morgan fingerprint density at radius 2 is 2.27 bits per heavy atom. The van der Waals surface area contributed by atoms with E-state index in [0.717, 1.165) is 21.9 Å². The van der Waals surface area contributed by atoms with Crippen LogP contribution in [0.3, 0.4) is 0 Å². The summed E-state index contributed by atoms with van der Waals surface area (Å²) in [5.41, 5.74) is 0. The Kier molecular flexibility index (Phi) is 1.89. The zero-order valence-electron chi connectivity index (χ0n) is 7.77. The minimum absolute atomic E-state index is 0.837. The van der Waals surface area contributed by atoms with Gasteiger partial charge in [0, 0.05) is 6.20 Å². The number of thiophene rings is 1. The number of fused-ring (bicyclic) bond motifs is 1. The van der Waals surface area contributed by atoms with E-state index in [0.29, 0.717) is 0 Å². The highest BCUT2D eigenvalue weighted by Gasteiger charge is 2.04. The van der Waals surface area contributed by atoms with Gasteiger partial charge in [-0.3, -0.25) is 0 Å². The van der Waals surface area contributed by atoms with Gasteiger partial charge in [0.05, 0.1) is 5.39 Å². The van der Waals surface area contributed by atoms with E-state index in [1.807, 2.05) is 29.8 Å². The molecule has 0 aliphatic carbocycles. The second-order valence-corrected chi connectivity index (χ2v) is 3.97. The van der Waals surface area contributed by atoms with Crippen LogP contribution in [0.1, 0.15) is 0 Å². The number of hydrogen-bond donors (Lipinski definition) is 2. The van der Waals surface area contributed by atoms with Crippen molar-refractivity contribution in [3.63, 3.8) is 0 Å². The Hall–Kier alpha value is -1.88. The quantitative estimate of drug-likeness (QED) is 0.692. The van der Waals surface area contributed by atoms with Crippen LogP contribution in [0.2, 0.25) is 0 Å². The second-order valence-electron chi connectivity index (χ2n) is 3.07. The molecule has 5 heteroatoms. The number of nitrogens with one attached hydrogen (secondary N) is 2. The summed E-state index contributed by atoms with van der Waals surface area (Å²) in [6, 6.07) is 5.92. The average molecular weight is 216 g/mol. The summed E-state index contributed by atoms with van der Waals surface area (Å²) in [6.45, 7) is 0. The van der Waals surface area contributed by atoms with Gasteiger partial charge in [-0.1, -0.05) is 0 Å². The van der Waals surface area contributed by atoms with E-state index >= 15 is 0 Å². The molecule has 0 aliphatic rings. The number of hydrogen-bond acceptors (Lipinski definition) is 4. The van der Waals surface area contributed by atoms with Crippen LogP contribution in [0.5, 0.6) is 0 Å². The molecule has 3 rings (SSSR count). The van der Waals surface area contributed by atoms with E-state index in [-0.39, 0.29) is 0 Å². The maximum atomic E-state index is 4.22. The van der Waals surface area contributed by atoms with Crippen LogP contribution in [0.4, 0.5) is 11.6 Å². The molecule has 4 nitrogen and oxygen atoms in total. The lowest BCUT2D eigenvalue weighted by molar-refractivity contribution is 1.22. The van der Waals surface area contributed by atoms with Crippen molar-refractivity contribution in [2.75, 3.05) is 5.32 Å². The molecule has 3 heterocycles. The van der Waals surface area contributed by atoms with E-state index in [2.05, 4.69) is 20.3 Å². The molecule has 0 aromatic carbocycles. The summed E-state index contributed by atoms with van der Waals surface area (Å²) in [6.07, 6.45) is 3.44. The lowest BCUT2D eigenvalue weighted by Crippen LogP contribution is -1.94. The van der Waals surface area contributed by atoms with Crippen LogP contribution >= 0.6 is 11.3 Å². The molecule has 0 aliphatic heterocycles. The highest BCUT2D eigenvalue weighted by atomic mass is 32.1. The second kappa shape index (κ2) is 3.36. The third kappa shape index (κ3) is 1.46. The highest BCUT2D eigenvalue weighted by molar-refractivity contribution is 7.16. The van der Waals surface area contributed by atoms with Crippen LogP contribution in [-0.2, 0) is 0 Å². The smallest absolute Gasteiger partial charge is 0.143 e. The number of aromatic amines is 1. The summed E-state index contributed by atoms with van der Waals surface area (Å²) in [5, 5.41) is 6.28. The zero-order valence-corrected chi connectivity index (χ0v) is 8.58. The first kappa shape index (κ1) is 8.43. The summed E-state index contributed by atoms with van der Waals surface area (Å²) in [4.78, 5) is 12.5. The fourth-order valence-corrected chi connectivity index (χ4v) is 2.16. The van der Waals surface area contributed by atoms with Crippen molar-refractivity contribution < 1.29 is 0 Å². The van der Waals surface area contributed by atoms with Crippen LogP contribution in [0.25, 0.3) is 10.2 Å². The van der Waals surface area contributed by atoms with Crippen LogP contribution in [0.15, 0.2) is 36.1 Å². The molecule has 0 radical (unpaired) electrons. The number of aromatic nitrogens is 3. The minimum Gasteiger partial charge on any atom is -0.348 e. The molecule has 0 unspecified atom stereocenters. The van der Waals surface area contributed by atoms with E-state index in [1.54, 1.807) is 17.7 Å². The SMILES string of the molecule is c1c[nH]c(Nc2ncnc3sccc23)c1. The molecule has 0 spiro atoms. The Bertz CT molecular complexity index is 570. The monoisotopic (exact) mass is 216 g/mol. The third-order valence-electron chi connectivity index (χ3n) is 2.11. The lowest BCUT2D eigenvalue weighted by atomic mass is 10.4. The van der Waals surface area contributed by atoms with Crippen LogP contribution < -0.4 is 5.32 Å². The fourth-order valence-electron chi connectivity index (χ4n) is 1.43. The largest absolute Gasteiger partial charge is 0.348 e.